The lowest BCUT2D eigenvalue weighted by Crippen LogP contribution is -2.46. The normalized spacial score (nSPS) is 24.3. The van der Waals surface area contributed by atoms with Gasteiger partial charge >= 0.3 is 18.0 Å². The van der Waals surface area contributed by atoms with E-state index in [1.807, 2.05) is 30.3 Å². The van der Waals surface area contributed by atoms with Gasteiger partial charge in [0.05, 0.1) is 13.2 Å². The highest BCUT2D eigenvalue weighted by Gasteiger charge is 2.68. The van der Waals surface area contributed by atoms with E-state index in [2.05, 4.69) is 0 Å². The number of esters is 2. The standard InChI is InChI=1S/C23H31NO7/c1-5-29-20(26)17-11-23(12-18(23)24(17)21(27)31-22(2,3)4)15-28-14-19(25)30-13-16-9-7-6-8-10-16/h6-10,17-18H,5,11-15H2,1-4H3/t17-,18-,23+/m0/s1. The summed E-state index contributed by atoms with van der Waals surface area (Å²) in [5.41, 5.74) is -0.137. The van der Waals surface area contributed by atoms with E-state index >= 15 is 0 Å². The van der Waals surface area contributed by atoms with Crippen molar-refractivity contribution in [3.8, 4) is 0 Å². The van der Waals surface area contributed by atoms with Crippen molar-refractivity contribution in [2.45, 2.75) is 64.8 Å². The third-order valence-corrected chi connectivity index (χ3v) is 5.43. The highest BCUT2D eigenvalue weighted by atomic mass is 16.6. The van der Waals surface area contributed by atoms with Gasteiger partial charge in [-0.25, -0.2) is 14.4 Å². The number of hydrogen-bond donors (Lipinski definition) is 0. The van der Waals surface area contributed by atoms with Gasteiger partial charge in [-0.1, -0.05) is 30.3 Å². The average molecular weight is 434 g/mol. The maximum absolute atomic E-state index is 12.7. The molecule has 2 aliphatic rings. The first-order valence-electron chi connectivity index (χ1n) is 10.6. The van der Waals surface area contributed by atoms with Gasteiger partial charge < -0.3 is 18.9 Å². The highest BCUT2D eigenvalue weighted by Crippen LogP contribution is 2.60. The first-order valence-corrected chi connectivity index (χ1v) is 10.6. The summed E-state index contributed by atoms with van der Waals surface area (Å²) in [7, 11) is 0. The summed E-state index contributed by atoms with van der Waals surface area (Å²) in [6.45, 7) is 7.57. The Labute approximate surface area is 182 Å². The van der Waals surface area contributed by atoms with E-state index in [1.165, 1.54) is 4.90 Å². The third-order valence-electron chi connectivity index (χ3n) is 5.43. The summed E-state index contributed by atoms with van der Waals surface area (Å²) in [6, 6.07) is 8.53. The van der Waals surface area contributed by atoms with Crippen LogP contribution in [0.25, 0.3) is 0 Å². The van der Waals surface area contributed by atoms with Gasteiger partial charge in [0.1, 0.15) is 24.9 Å². The number of carbonyl (C=O) groups excluding carboxylic acids is 3. The fourth-order valence-electron chi connectivity index (χ4n) is 3.98. The molecule has 8 nitrogen and oxygen atoms in total. The molecule has 1 aromatic carbocycles. The Hall–Kier alpha value is -2.61. The second kappa shape index (κ2) is 9.26. The molecule has 1 aromatic rings. The van der Waals surface area contributed by atoms with Crippen LogP contribution in [0.1, 0.15) is 46.1 Å². The Bertz CT molecular complexity index is 804. The second-order valence-electron chi connectivity index (χ2n) is 9.08. The quantitative estimate of drug-likeness (QED) is 0.460. The number of carbonyl (C=O) groups is 3. The van der Waals surface area contributed by atoms with E-state index in [0.717, 1.165) is 5.56 Å². The summed E-state index contributed by atoms with van der Waals surface area (Å²) in [5.74, 6) is -0.899. The molecule has 0 unspecified atom stereocenters. The van der Waals surface area contributed by atoms with Crippen LogP contribution in [0.2, 0.25) is 0 Å². The monoisotopic (exact) mass is 433 g/mol. The minimum atomic E-state index is -0.706. The summed E-state index contributed by atoms with van der Waals surface area (Å²) in [4.78, 5) is 38.7. The van der Waals surface area contributed by atoms with Gasteiger partial charge in [0.15, 0.2) is 0 Å². The van der Waals surface area contributed by atoms with Gasteiger partial charge in [0.25, 0.3) is 0 Å². The largest absolute Gasteiger partial charge is 0.464 e. The van der Waals surface area contributed by atoms with Gasteiger partial charge in [-0.15, -0.1) is 0 Å². The van der Waals surface area contributed by atoms with Crippen LogP contribution in [0.4, 0.5) is 4.79 Å². The zero-order valence-electron chi connectivity index (χ0n) is 18.6. The predicted octanol–water partition coefficient (Wildman–Crippen LogP) is 3.08. The molecule has 0 spiro atoms. The number of nitrogens with zero attached hydrogens (tertiary/aromatic N) is 1. The molecule has 1 amide bonds. The number of rotatable bonds is 8. The number of benzene rings is 1. The number of likely N-dealkylation sites (tertiary alicyclic amines) is 1. The van der Waals surface area contributed by atoms with Crippen molar-refractivity contribution in [3.05, 3.63) is 35.9 Å². The first kappa shape index (κ1) is 23.1. The van der Waals surface area contributed by atoms with Crippen LogP contribution in [0, 0.1) is 5.41 Å². The van der Waals surface area contributed by atoms with Crippen LogP contribution in [-0.2, 0) is 35.1 Å². The Kier molecular flexibility index (Phi) is 6.89. The minimum Gasteiger partial charge on any atom is -0.464 e. The molecule has 0 N–H and O–H groups in total. The van der Waals surface area contributed by atoms with Crippen molar-refractivity contribution in [2.24, 2.45) is 5.41 Å². The Morgan fingerprint density at radius 2 is 1.81 bits per heavy atom. The lowest BCUT2D eigenvalue weighted by Gasteiger charge is -2.29. The maximum Gasteiger partial charge on any atom is 0.411 e. The van der Waals surface area contributed by atoms with E-state index in [1.54, 1.807) is 27.7 Å². The Morgan fingerprint density at radius 1 is 1.10 bits per heavy atom. The number of ether oxygens (including phenoxy) is 4. The maximum atomic E-state index is 12.7. The molecule has 1 aliphatic carbocycles. The molecule has 8 heteroatoms. The fraction of sp³-hybridized carbons (Fsp3) is 0.609. The number of fused-ring (bicyclic) bond motifs is 1. The van der Waals surface area contributed by atoms with Crippen LogP contribution in [0.3, 0.4) is 0 Å². The molecular weight excluding hydrogens is 402 g/mol. The molecule has 1 saturated heterocycles. The topological polar surface area (TPSA) is 91.4 Å². The highest BCUT2D eigenvalue weighted by molar-refractivity contribution is 5.83. The zero-order valence-corrected chi connectivity index (χ0v) is 18.6. The number of hydrogen-bond acceptors (Lipinski definition) is 7. The summed E-state index contributed by atoms with van der Waals surface area (Å²) in [5, 5.41) is 0. The van der Waals surface area contributed by atoms with Crippen molar-refractivity contribution in [1.29, 1.82) is 0 Å². The Morgan fingerprint density at radius 3 is 2.45 bits per heavy atom. The van der Waals surface area contributed by atoms with Crippen LogP contribution >= 0.6 is 0 Å². The molecule has 0 bridgehead atoms. The van der Waals surface area contributed by atoms with Gasteiger partial charge in [-0.3, -0.25) is 4.90 Å². The number of piperidine rings is 1. The van der Waals surface area contributed by atoms with Crippen LogP contribution in [0.5, 0.6) is 0 Å². The minimum absolute atomic E-state index is 0.169. The second-order valence-corrected chi connectivity index (χ2v) is 9.08. The molecule has 31 heavy (non-hydrogen) atoms. The molecule has 1 aliphatic heterocycles. The zero-order chi connectivity index (χ0) is 22.6. The summed E-state index contributed by atoms with van der Waals surface area (Å²) < 4.78 is 21.5. The average Bonchev–Trinajstić information content (AvgIpc) is 3.29. The van der Waals surface area contributed by atoms with Crippen molar-refractivity contribution in [3.63, 3.8) is 0 Å². The lowest BCUT2D eigenvalue weighted by molar-refractivity contribution is -0.151. The van der Waals surface area contributed by atoms with Crippen LogP contribution in [-0.4, -0.2) is 60.4 Å². The van der Waals surface area contributed by atoms with E-state index in [0.29, 0.717) is 12.8 Å². The molecule has 0 radical (unpaired) electrons. The lowest BCUT2D eigenvalue weighted by atomic mass is 10.0. The van der Waals surface area contributed by atoms with E-state index in [4.69, 9.17) is 18.9 Å². The molecule has 1 saturated carbocycles. The van der Waals surface area contributed by atoms with Gasteiger partial charge in [-0.2, -0.15) is 0 Å². The van der Waals surface area contributed by atoms with Gasteiger partial charge in [0, 0.05) is 11.5 Å². The first-order chi connectivity index (χ1) is 14.6. The predicted molar refractivity (Wildman–Crippen MR) is 111 cm³/mol. The van der Waals surface area contributed by atoms with Crippen molar-refractivity contribution >= 4 is 18.0 Å². The smallest absolute Gasteiger partial charge is 0.411 e. The van der Waals surface area contributed by atoms with E-state index in [-0.39, 0.29) is 37.9 Å². The SMILES string of the molecule is CCOC(=O)[C@@H]1C[C@]2(COCC(=O)OCc3ccccc3)C[C@@H]2N1C(=O)OC(C)(C)C. The third kappa shape index (κ3) is 5.76. The molecule has 2 fully saturated rings. The molecule has 3 rings (SSSR count). The molecule has 0 aromatic heterocycles. The van der Waals surface area contributed by atoms with E-state index in [9.17, 15) is 14.4 Å². The molecule has 1 heterocycles. The molecule has 3 atom stereocenters. The van der Waals surface area contributed by atoms with Gasteiger partial charge in [-0.05, 0) is 46.1 Å². The van der Waals surface area contributed by atoms with Crippen molar-refractivity contribution in [1.82, 2.24) is 4.90 Å². The van der Waals surface area contributed by atoms with Crippen LogP contribution < -0.4 is 0 Å². The number of amides is 1. The van der Waals surface area contributed by atoms with Crippen LogP contribution in [0.15, 0.2) is 30.3 Å². The Balaban J connectivity index is 1.54. The van der Waals surface area contributed by atoms with Crippen molar-refractivity contribution in [2.75, 3.05) is 19.8 Å². The van der Waals surface area contributed by atoms with Crippen molar-refractivity contribution < 1.29 is 33.3 Å². The summed E-state index contributed by atoms with van der Waals surface area (Å²) in [6.07, 6.45) is 0.591. The fourth-order valence-corrected chi connectivity index (χ4v) is 3.98. The van der Waals surface area contributed by atoms with Gasteiger partial charge in [0.2, 0.25) is 0 Å². The molecular formula is C23H31NO7. The molecule has 170 valence electrons. The summed E-state index contributed by atoms with van der Waals surface area (Å²) >= 11 is 0. The van der Waals surface area contributed by atoms with E-state index < -0.39 is 29.7 Å².